The highest BCUT2D eigenvalue weighted by Gasteiger charge is 2.45. The average molecular weight is 432 g/mol. The lowest BCUT2D eigenvalue weighted by Gasteiger charge is -2.28. The third kappa shape index (κ3) is 3.68. The molecular formula is C22H22ClNO6. The van der Waals surface area contributed by atoms with E-state index in [-0.39, 0.29) is 40.1 Å². The van der Waals surface area contributed by atoms with Crippen molar-refractivity contribution in [3.63, 3.8) is 0 Å². The highest BCUT2D eigenvalue weighted by Crippen LogP contribution is 2.46. The number of carbonyl (C=O) groups excluding carboxylic acids is 2. The zero-order valence-corrected chi connectivity index (χ0v) is 17.5. The topological polar surface area (TPSA) is 107 Å². The summed E-state index contributed by atoms with van der Waals surface area (Å²) in [6, 6.07) is 7.52. The van der Waals surface area contributed by atoms with Crippen LogP contribution in [-0.4, -0.2) is 33.6 Å². The predicted molar refractivity (Wildman–Crippen MR) is 112 cm³/mol. The lowest BCUT2D eigenvalue weighted by molar-refractivity contribution is -0.119. The van der Waals surface area contributed by atoms with Crippen LogP contribution in [0.25, 0.3) is 0 Å². The number of hydrogen-bond donors (Lipinski definition) is 3. The molecule has 3 N–H and O–H groups in total. The minimum Gasteiger partial charge on any atom is -0.506 e. The van der Waals surface area contributed by atoms with Crippen LogP contribution in [0.2, 0.25) is 5.02 Å². The first kappa shape index (κ1) is 21.5. The van der Waals surface area contributed by atoms with Gasteiger partial charge in [-0.3, -0.25) is 14.5 Å². The van der Waals surface area contributed by atoms with Crippen LogP contribution in [0.1, 0.15) is 32.4 Å². The number of nitrogens with zero attached hydrogens (tertiary/aromatic N) is 1. The second kappa shape index (κ2) is 8.28. The Balaban J connectivity index is 2.25. The highest BCUT2D eigenvalue weighted by molar-refractivity contribution is 6.31. The van der Waals surface area contributed by atoms with E-state index in [9.17, 15) is 24.9 Å². The fourth-order valence-corrected chi connectivity index (χ4v) is 3.56. The molecule has 1 aliphatic heterocycles. The molecule has 1 heterocycles. The Hall–Kier alpha value is -3.19. The summed E-state index contributed by atoms with van der Waals surface area (Å²) in [5.74, 6) is -2.62. The fraction of sp³-hybridized carbons (Fsp3) is 0.273. The van der Waals surface area contributed by atoms with Gasteiger partial charge in [0.05, 0.1) is 23.9 Å². The summed E-state index contributed by atoms with van der Waals surface area (Å²) in [5, 5.41) is 31.3. The molecule has 1 atom stereocenters. The Kier molecular flexibility index (Phi) is 5.94. The third-order valence-electron chi connectivity index (χ3n) is 4.79. The number of phenols is 2. The molecule has 0 radical (unpaired) electrons. The van der Waals surface area contributed by atoms with E-state index in [0.29, 0.717) is 5.56 Å². The number of ether oxygens (including phenoxy) is 1. The Morgan fingerprint density at radius 1 is 1.13 bits per heavy atom. The summed E-state index contributed by atoms with van der Waals surface area (Å²) in [6.07, 6.45) is 0. The maximum absolute atomic E-state index is 13.0. The zero-order chi connectivity index (χ0) is 22.2. The second-order valence-corrected chi connectivity index (χ2v) is 7.59. The van der Waals surface area contributed by atoms with Crippen molar-refractivity contribution in [3.8, 4) is 17.2 Å². The number of hydrogen-bond acceptors (Lipinski definition) is 6. The van der Waals surface area contributed by atoms with E-state index in [4.69, 9.17) is 16.3 Å². The number of aromatic hydroxyl groups is 2. The van der Waals surface area contributed by atoms with E-state index in [0.717, 1.165) is 4.90 Å². The van der Waals surface area contributed by atoms with Gasteiger partial charge in [-0.1, -0.05) is 31.5 Å². The number of anilines is 1. The summed E-state index contributed by atoms with van der Waals surface area (Å²) in [5.41, 5.74) is 0.362. The van der Waals surface area contributed by atoms with Crippen molar-refractivity contribution in [2.24, 2.45) is 5.92 Å². The van der Waals surface area contributed by atoms with Crippen LogP contribution in [0.15, 0.2) is 47.7 Å². The van der Waals surface area contributed by atoms with Crippen molar-refractivity contribution >= 4 is 29.0 Å². The Morgan fingerprint density at radius 2 is 1.80 bits per heavy atom. The molecule has 0 spiro atoms. The van der Waals surface area contributed by atoms with Crippen LogP contribution in [0.5, 0.6) is 17.2 Å². The number of amides is 1. The molecule has 0 aliphatic carbocycles. The molecule has 7 nitrogen and oxygen atoms in total. The summed E-state index contributed by atoms with van der Waals surface area (Å²) < 4.78 is 5.43. The lowest BCUT2D eigenvalue weighted by atomic mass is 9.91. The van der Waals surface area contributed by atoms with Gasteiger partial charge in [-0.05, 0) is 42.8 Å². The van der Waals surface area contributed by atoms with Gasteiger partial charge in [0.2, 0.25) is 0 Å². The first-order valence-electron chi connectivity index (χ1n) is 9.42. The van der Waals surface area contributed by atoms with E-state index in [1.54, 1.807) is 20.8 Å². The number of aliphatic hydroxyl groups is 1. The number of phenolic OH excluding ortho intramolecular Hbond substituents is 2. The number of aliphatic hydroxyl groups excluding tert-OH is 1. The fourth-order valence-electron chi connectivity index (χ4n) is 3.39. The maximum Gasteiger partial charge on any atom is 0.294 e. The van der Waals surface area contributed by atoms with Crippen molar-refractivity contribution in [1.29, 1.82) is 0 Å². The summed E-state index contributed by atoms with van der Waals surface area (Å²) in [7, 11) is 0. The minimum atomic E-state index is -1.04. The van der Waals surface area contributed by atoms with Crippen LogP contribution >= 0.6 is 11.6 Å². The van der Waals surface area contributed by atoms with Crippen LogP contribution in [0.3, 0.4) is 0 Å². The van der Waals surface area contributed by atoms with Gasteiger partial charge in [-0.25, -0.2) is 0 Å². The SMILES string of the molecule is CCOc1cc(C2C(C(=O)C(C)C)=C(O)C(=O)N2c2cc(Cl)ccc2O)ccc1O. The quantitative estimate of drug-likeness (QED) is 0.630. The normalized spacial score (nSPS) is 16.5. The molecule has 0 saturated heterocycles. The molecule has 2 aromatic carbocycles. The first-order chi connectivity index (χ1) is 14.2. The maximum atomic E-state index is 13.0. The van der Waals surface area contributed by atoms with Crippen LogP contribution in [0.4, 0.5) is 5.69 Å². The van der Waals surface area contributed by atoms with Crippen molar-refractivity contribution in [2.45, 2.75) is 26.8 Å². The molecule has 3 rings (SSSR count). The summed E-state index contributed by atoms with van der Waals surface area (Å²) >= 11 is 6.06. The van der Waals surface area contributed by atoms with Crippen LogP contribution in [0, 0.1) is 5.92 Å². The number of benzene rings is 2. The van der Waals surface area contributed by atoms with Gasteiger partial charge in [-0.15, -0.1) is 0 Å². The molecule has 1 unspecified atom stereocenters. The summed E-state index contributed by atoms with van der Waals surface area (Å²) in [4.78, 5) is 27.0. The molecule has 30 heavy (non-hydrogen) atoms. The number of Topliss-reactive ketones (excluding diaryl/α,β-unsaturated/α-hetero) is 1. The van der Waals surface area contributed by atoms with Gasteiger partial charge in [-0.2, -0.15) is 0 Å². The van der Waals surface area contributed by atoms with E-state index in [2.05, 4.69) is 0 Å². The molecular weight excluding hydrogens is 410 g/mol. The summed E-state index contributed by atoms with van der Waals surface area (Å²) in [6.45, 7) is 5.36. The largest absolute Gasteiger partial charge is 0.506 e. The van der Waals surface area contributed by atoms with Gasteiger partial charge >= 0.3 is 0 Å². The van der Waals surface area contributed by atoms with Gasteiger partial charge < -0.3 is 20.1 Å². The molecule has 8 heteroatoms. The monoisotopic (exact) mass is 431 g/mol. The molecule has 0 saturated carbocycles. The highest BCUT2D eigenvalue weighted by atomic mass is 35.5. The van der Waals surface area contributed by atoms with E-state index in [1.807, 2.05) is 0 Å². The number of carbonyl (C=O) groups is 2. The Morgan fingerprint density at radius 3 is 2.43 bits per heavy atom. The number of rotatable bonds is 6. The van der Waals surface area contributed by atoms with Crippen molar-refractivity contribution in [3.05, 3.63) is 58.3 Å². The zero-order valence-electron chi connectivity index (χ0n) is 16.7. The van der Waals surface area contributed by atoms with Crippen LogP contribution in [-0.2, 0) is 9.59 Å². The third-order valence-corrected chi connectivity index (χ3v) is 5.03. The van der Waals surface area contributed by atoms with Gasteiger partial charge in [0.15, 0.2) is 23.0 Å². The molecule has 1 amide bonds. The Labute approximate surface area is 178 Å². The number of ketones is 1. The van der Waals surface area contributed by atoms with E-state index < -0.39 is 29.4 Å². The van der Waals surface area contributed by atoms with Crippen molar-refractivity contribution < 1.29 is 29.6 Å². The molecule has 0 fully saturated rings. The molecule has 158 valence electrons. The lowest BCUT2D eigenvalue weighted by Crippen LogP contribution is -2.31. The second-order valence-electron chi connectivity index (χ2n) is 7.15. The average Bonchev–Trinajstić information content (AvgIpc) is 2.96. The van der Waals surface area contributed by atoms with Gasteiger partial charge in [0.25, 0.3) is 5.91 Å². The van der Waals surface area contributed by atoms with Crippen LogP contribution < -0.4 is 9.64 Å². The van der Waals surface area contributed by atoms with Gasteiger partial charge in [0.1, 0.15) is 5.75 Å². The van der Waals surface area contributed by atoms with Crippen molar-refractivity contribution in [1.82, 2.24) is 0 Å². The van der Waals surface area contributed by atoms with E-state index >= 15 is 0 Å². The Bertz CT molecular complexity index is 1050. The molecule has 1 aliphatic rings. The molecule has 0 aromatic heterocycles. The van der Waals surface area contributed by atoms with Crippen molar-refractivity contribution in [2.75, 3.05) is 11.5 Å². The van der Waals surface area contributed by atoms with E-state index in [1.165, 1.54) is 36.4 Å². The smallest absolute Gasteiger partial charge is 0.294 e. The number of halogens is 1. The molecule has 2 aromatic rings. The minimum absolute atomic E-state index is 0.0432. The predicted octanol–water partition coefficient (Wildman–Crippen LogP) is 4.28. The standard InChI is InChI=1S/C22H22ClNO6/c1-4-30-17-9-12(5-7-16(17)26)19-18(20(27)11(2)3)21(28)22(29)24(19)14-10-13(23)6-8-15(14)25/h5-11,19,25-26,28H,4H2,1-3H3. The van der Waals surface area contributed by atoms with Gasteiger partial charge in [0, 0.05) is 10.9 Å². The molecule has 0 bridgehead atoms. The first-order valence-corrected chi connectivity index (χ1v) is 9.80.